The highest BCUT2D eigenvalue weighted by atomic mass is 35.5. The number of carbonyl (C=O) groups excluding carboxylic acids is 1. The van der Waals surface area contributed by atoms with Crippen molar-refractivity contribution in [2.24, 2.45) is 0 Å². The quantitative estimate of drug-likeness (QED) is 0.334. The topological polar surface area (TPSA) is 62.1 Å². The van der Waals surface area contributed by atoms with Gasteiger partial charge in [-0.25, -0.2) is 0 Å². The molecular weight excluding hydrogens is 431 g/mol. The molecule has 0 aromatic heterocycles. The molecule has 0 saturated carbocycles. The van der Waals surface area contributed by atoms with Crippen LogP contribution in [0.3, 0.4) is 0 Å². The number of rotatable bonds is 6. The Hall–Kier alpha value is -3.26. The SMILES string of the molecule is Cc1cc(C)cc(COc2ccc(/C=C(\C#N)C(=O)Nc3ccc(Cl)c(Cl)c3)cc2)c1. The fourth-order valence-corrected chi connectivity index (χ4v) is 3.36. The van der Waals surface area contributed by atoms with Crippen molar-refractivity contribution in [1.82, 2.24) is 0 Å². The van der Waals surface area contributed by atoms with Crippen LogP contribution in [0.15, 0.2) is 66.2 Å². The average molecular weight is 451 g/mol. The van der Waals surface area contributed by atoms with Gasteiger partial charge < -0.3 is 10.1 Å². The maximum absolute atomic E-state index is 12.4. The first-order valence-corrected chi connectivity index (χ1v) is 10.3. The van der Waals surface area contributed by atoms with Crippen molar-refractivity contribution in [2.45, 2.75) is 20.5 Å². The maximum Gasteiger partial charge on any atom is 0.266 e. The number of halogens is 2. The minimum Gasteiger partial charge on any atom is -0.489 e. The smallest absolute Gasteiger partial charge is 0.266 e. The monoisotopic (exact) mass is 450 g/mol. The molecule has 0 bridgehead atoms. The Kier molecular flexibility index (Phi) is 7.36. The van der Waals surface area contributed by atoms with Crippen LogP contribution in [0.25, 0.3) is 6.08 Å². The third-order valence-electron chi connectivity index (χ3n) is 4.42. The third-order valence-corrected chi connectivity index (χ3v) is 5.16. The van der Waals surface area contributed by atoms with Gasteiger partial charge in [0, 0.05) is 5.69 Å². The Labute approximate surface area is 191 Å². The minimum absolute atomic E-state index is 0.0324. The lowest BCUT2D eigenvalue weighted by Crippen LogP contribution is -2.13. The molecule has 6 heteroatoms. The molecule has 31 heavy (non-hydrogen) atoms. The number of amides is 1. The Morgan fingerprint density at radius 2 is 1.68 bits per heavy atom. The summed E-state index contributed by atoms with van der Waals surface area (Å²) >= 11 is 11.8. The van der Waals surface area contributed by atoms with Gasteiger partial charge in [0.1, 0.15) is 24.0 Å². The van der Waals surface area contributed by atoms with E-state index in [1.807, 2.05) is 6.07 Å². The molecule has 3 aromatic carbocycles. The van der Waals surface area contributed by atoms with Crippen molar-refractivity contribution in [3.05, 3.63) is 98.5 Å². The molecule has 0 heterocycles. The van der Waals surface area contributed by atoms with E-state index < -0.39 is 5.91 Å². The lowest BCUT2D eigenvalue weighted by atomic mass is 10.1. The highest BCUT2D eigenvalue weighted by Gasteiger charge is 2.10. The van der Waals surface area contributed by atoms with Gasteiger partial charge in [-0.2, -0.15) is 5.26 Å². The molecule has 0 fully saturated rings. The van der Waals surface area contributed by atoms with Crippen LogP contribution in [-0.4, -0.2) is 5.91 Å². The molecule has 156 valence electrons. The van der Waals surface area contributed by atoms with E-state index in [4.69, 9.17) is 27.9 Å². The molecule has 0 aliphatic carbocycles. The average Bonchev–Trinajstić information content (AvgIpc) is 2.73. The number of ether oxygens (including phenoxy) is 1. The molecule has 3 aromatic rings. The normalized spacial score (nSPS) is 11.0. The maximum atomic E-state index is 12.4. The highest BCUT2D eigenvalue weighted by molar-refractivity contribution is 6.42. The summed E-state index contributed by atoms with van der Waals surface area (Å²) < 4.78 is 5.85. The molecule has 0 aliphatic heterocycles. The van der Waals surface area contributed by atoms with Crippen LogP contribution in [0.1, 0.15) is 22.3 Å². The zero-order valence-electron chi connectivity index (χ0n) is 17.1. The number of nitrogens with one attached hydrogen (secondary N) is 1. The molecule has 0 radical (unpaired) electrons. The Morgan fingerprint density at radius 3 is 2.29 bits per heavy atom. The number of hydrogen-bond acceptors (Lipinski definition) is 3. The number of benzene rings is 3. The fraction of sp³-hybridized carbons (Fsp3) is 0.120. The standard InChI is InChI=1S/C25H20Cl2N2O2/c1-16-9-17(2)11-19(10-16)15-31-22-6-3-18(4-7-22)12-20(14-28)25(30)29-21-5-8-23(26)24(27)13-21/h3-13H,15H2,1-2H3,(H,29,30)/b20-12+. The number of hydrogen-bond donors (Lipinski definition) is 1. The van der Waals surface area contributed by atoms with Gasteiger partial charge in [0.2, 0.25) is 0 Å². The largest absolute Gasteiger partial charge is 0.489 e. The van der Waals surface area contributed by atoms with Gasteiger partial charge in [0.25, 0.3) is 5.91 Å². The van der Waals surface area contributed by atoms with E-state index in [9.17, 15) is 10.1 Å². The summed E-state index contributed by atoms with van der Waals surface area (Å²) in [5.74, 6) is 0.172. The van der Waals surface area contributed by atoms with Crippen LogP contribution in [0.4, 0.5) is 5.69 Å². The summed E-state index contributed by atoms with van der Waals surface area (Å²) in [6, 6.07) is 20.1. The van der Waals surface area contributed by atoms with Crippen LogP contribution < -0.4 is 10.1 Å². The van der Waals surface area contributed by atoms with Crippen LogP contribution in [0.2, 0.25) is 10.0 Å². The fourth-order valence-electron chi connectivity index (χ4n) is 3.07. The van der Waals surface area contributed by atoms with Gasteiger partial charge in [-0.05, 0) is 61.4 Å². The van der Waals surface area contributed by atoms with Crippen LogP contribution in [0.5, 0.6) is 5.75 Å². The highest BCUT2D eigenvalue weighted by Crippen LogP contribution is 2.25. The van der Waals surface area contributed by atoms with Crippen molar-refractivity contribution in [3.8, 4) is 11.8 Å². The predicted molar refractivity (Wildman–Crippen MR) is 125 cm³/mol. The molecule has 1 N–H and O–H groups in total. The van der Waals surface area contributed by atoms with Gasteiger partial charge >= 0.3 is 0 Å². The first-order chi connectivity index (χ1) is 14.8. The number of anilines is 1. The van der Waals surface area contributed by atoms with E-state index in [0.717, 1.165) is 5.56 Å². The van der Waals surface area contributed by atoms with Crippen LogP contribution in [0, 0.1) is 25.2 Å². The molecule has 0 aliphatic rings. The molecule has 0 spiro atoms. The van der Waals surface area contributed by atoms with Gasteiger partial charge in [0.15, 0.2) is 0 Å². The van der Waals surface area contributed by atoms with Crippen molar-refractivity contribution >= 4 is 40.9 Å². The van der Waals surface area contributed by atoms with Gasteiger partial charge in [0.05, 0.1) is 10.0 Å². The number of aryl methyl sites for hydroxylation is 2. The van der Waals surface area contributed by atoms with Crippen molar-refractivity contribution in [2.75, 3.05) is 5.32 Å². The Balaban J connectivity index is 1.66. The second kappa shape index (κ2) is 10.2. The first-order valence-electron chi connectivity index (χ1n) is 9.52. The molecule has 0 saturated heterocycles. The van der Waals surface area contributed by atoms with Gasteiger partial charge in [-0.3, -0.25) is 4.79 Å². The summed E-state index contributed by atoms with van der Waals surface area (Å²) in [6.45, 7) is 4.58. The zero-order valence-corrected chi connectivity index (χ0v) is 18.6. The van der Waals surface area contributed by atoms with Gasteiger partial charge in [-0.15, -0.1) is 0 Å². The second-order valence-electron chi connectivity index (χ2n) is 7.11. The van der Waals surface area contributed by atoms with E-state index in [2.05, 4.69) is 37.4 Å². The van der Waals surface area contributed by atoms with Crippen molar-refractivity contribution < 1.29 is 9.53 Å². The molecule has 1 amide bonds. The van der Waals surface area contributed by atoms with E-state index >= 15 is 0 Å². The summed E-state index contributed by atoms with van der Waals surface area (Å²) in [6.07, 6.45) is 1.51. The lowest BCUT2D eigenvalue weighted by molar-refractivity contribution is -0.112. The van der Waals surface area contributed by atoms with Crippen molar-refractivity contribution in [1.29, 1.82) is 5.26 Å². The van der Waals surface area contributed by atoms with Crippen molar-refractivity contribution in [3.63, 3.8) is 0 Å². The first kappa shape index (κ1) is 22.4. The van der Waals surface area contributed by atoms with E-state index in [1.54, 1.807) is 36.4 Å². The number of nitrogens with zero attached hydrogens (tertiary/aromatic N) is 1. The summed E-state index contributed by atoms with van der Waals surface area (Å²) in [5, 5.41) is 12.7. The molecule has 0 unspecified atom stereocenters. The van der Waals surface area contributed by atoms with E-state index in [0.29, 0.717) is 33.7 Å². The Bertz CT molecular complexity index is 1160. The molecule has 3 rings (SSSR count). The van der Waals surface area contributed by atoms with Crippen LogP contribution >= 0.6 is 23.2 Å². The van der Waals surface area contributed by atoms with Crippen LogP contribution in [-0.2, 0) is 11.4 Å². The lowest BCUT2D eigenvalue weighted by Gasteiger charge is -2.09. The summed E-state index contributed by atoms with van der Waals surface area (Å²) in [7, 11) is 0. The zero-order chi connectivity index (χ0) is 22.4. The van der Waals surface area contributed by atoms with Gasteiger partial charge in [-0.1, -0.05) is 64.7 Å². The molecular formula is C25H20Cl2N2O2. The third kappa shape index (κ3) is 6.36. The molecule has 4 nitrogen and oxygen atoms in total. The predicted octanol–water partition coefficient (Wildman–Crippen LogP) is 6.73. The minimum atomic E-state index is -0.531. The second-order valence-corrected chi connectivity index (χ2v) is 7.92. The Morgan fingerprint density at radius 1 is 1.00 bits per heavy atom. The molecule has 0 atom stereocenters. The summed E-state index contributed by atoms with van der Waals surface area (Å²) in [4.78, 5) is 12.4. The van der Waals surface area contributed by atoms with E-state index in [1.165, 1.54) is 23.3 Å². The number of nitriles is 1. The summed E-state index contributed by atoms with van der Waals surface area (Å²) in [5.41, 5.74) is 4.63. The van der Waals surface area contributed by atoms with E-state index in [-0.39, 0.29) is 5.57 Å². The number of carbonyl (C=O) groups is 1.